The Morgan fingerprint density at radius 3 is 2.57 bits per heavy atom. The van der Waals surface area contributed by atoms with Crippen molar-refractivity contribution in [3.8, 4) is 0 Å². The van der Waals surface area contributed by atoms with E-state index in [0.717, 1.165) is 0 Å². The van der Waals surface area contributed by atoms with Gasteiger partial charge in [-0.05, 0) is 19.4 Å². The van der Waals surface area contributed by atoms with Gasteiger partial charge in [0.25, 0.3) is 0 Å². The van der Waals surface area contributed by atoms with Gasteiger partial charge in [0, 0.05) is 19.6 Å². The predicted molar refractivity (Wildman–Crippen MR) is 45.7 cm³/mol. The number of hydrogen-bond donors (Lipinski definition) is 2. The Bertz CT molecular complexity index is 196. The molecule has 1 fully saturated rings. The first kappa shape index (κ1) is 11.7. The maximum atomic E-state index is 12.4. The van der Waals surface area contributed by atoms with Crippen molar-refractivity contribution in [2.75, 3.05) is 26.2 Å². The highest BCUT2D eigenvalue weighted by atomic mass is 19.4. The highest BCUT2D eigenvalue weighted by Gasteiger charge is 2.55. The van der Waals surface area contributed by atoms with Crippen LogP contribution in [0.25, 0.3) is 0 Å². The lowest BCUT2D eigenvalue weighted by molar-refractivity contribution is -0.273. The molecule has 1 heterocycles. The van der Waals surface area contributed by atoms with Crippen molar-refractivity contribution in [2.24, 2.45) is 5.73 Å². The van der Waals surface area contributed by atoms with Crippen molar-refractivity contribution in [2.45, 2.75) is 24.6 Å². The number of likely N-dealkylation sites (tertiary alicyclic amines) is 1. The molecule has 1 atom stereocenters. The Balaban J connectivity index is 2.62. The minimum Gasteiger partial charge on any atom is -0.379 e. The van der Waals surface area contributed by atoms with Crippen LogP contribution in [0.1, 0.15) is 12.8 Å². The molecule has 1 saturated heterocycles. The molecule has 1 unspecified atom stereocenters. The van der Waals surface area contributed by atoms with Crippen molar-refractivity contribution >= 4 is 0 Å². The molecule has 0 aromatic heterocycles. The summed E-state index contributed by atoms with van der Waals surface area (Å²) in [6.45, 7) is 0.940. The van der Waals surface area contributed by atoms with Crippen molar-refractivity contribution in [1.29, 1.82) is 0 Å². The van der Waals surface area contributed by atoms with E-state index in [9.17, 15) is 18.3 Å². The zero-order valence-electron chi connectivity index (χ0n) is 7.85. The molecule has 3 nitrogen and oxygen atoms in total. The number of nitrogens with two attached hydrogens (primary N) is 1. The van der Waals surface area contributed by atoms with Crippen molar-refractivity contribution in [3.63, 3.8) is 0 Å². The van der Waals surface area contributed by atoms with Gasteiger partial charge in [-0.2, -0.15) is 13.2 Å². The summed E-state index contributed by atoms with van der Waals surface area (Å²) in [5.74, 6) is 0. The molecule has 0 aromatic rings. The molecule has 6 heteroatoms. The molecule has 0 spiro atoms. The molecular formula is C8H15F3N2O. The summed E-state index contributed by atoms with van der Waals surface area (Å²) in [5, 5.41) is 9.40. The molecule has 0 aromatic carbocycles. The van der Waals surface area contributed by atoms with Gasteiger partial charge in [-0.3, -0.25) is 4.90 Å². The molecular weight excluding hydrogens is 197 g/mol. The summed E-state index contributed by atoms with van der Waals surface area (Å²) in [6, 6.07) is 0. The second-order valence-electron chi connectivity index (χ2n) is 3.70. The minimum absolute atomic E-state index is 0.211. The second kappa shape index (κ2) is 4.04. The third kappa shape index (κ3) is 2.37. The normalized spacial score (nSPS) is 30.6. The predicted octanol–water partition coefficient (Wildman–Crippen LogP) is 0.334. The van der Waals surface area contributed by atoms with Gasteiger partial charge in [-0.15, -0.1) is 0 Å². The van der Waals surface area contributed by atoms with Crippen LogP contribution in [0, 0.1) is 0 Å². The van der Waals surface area contributed by atoms with E-state index in [1.54, 1.807) is 4.90 Å². The Morgan fingerprint density at radius 2 is 2.07 bits per heavy atom. The van der Waals surface area contributed by atoms with Gasteiger partial charge in [0.1, 0.15) is 0 Å². The SMILES string of the molecule is NCCN1CCCC(O)(C(F)(F)F)C1. The summed E-state index contributed by atoms with van der Waals surface area (Å²) in [7, 11) is 0. The smallest absolute Gasteiger partial charge is 0.379 e. The van der Waals surface area contributed by atoms with E-state index >= 15 is 0 Å². The maximum absolute atomic E-state index is 12.4. The number of nitrogens with zero attached hydrogens (tertiary/aromatic N) is 1. The van der Waals surface area contributed by atoms with Crippen LogP contribution >= 0.6 is 0 Å². The quantitative estimate of drug-likeness (QED) is 0.693. The Hall–Kier alpha value is -0.330. The van der Waals surface area contributed by atoms with Gasteiger partial charge in [0.05, 0.1) is 0 Å². The first-order chi connectivity index (χ1) is 6.39. The number of β-amino-alcohol motifs (C(OH)–C–C–N with tert-alkyl or cyclic N) is 1. The fraction of sp³-hybridized carbons (Fsp3) is 1.00. The van der Waals surface area contributed by atoms with Crippen LogP contribution in [0.3, 0.4) is 0 Å². The van der Waals surface area contributed by atoms with E-state index in [2.05, 4.69) is 0 Å². The lowest BCUT2D eigenvalue weighted by Crippen LogP contribution is -2.57. The molecule has 1 aliphatic heterocycles. The summed E-state index contributed by atoms with van der Waals surface area (Å²) in [6.07, 6.45) is -4.39. The van der Waals surface area contributed by atoms with Gasteiger partial charge >= 0.3 is 6.18 Å². The molecule has 0 saturated carbocycles. The van der Waals surface area contributed by atoms with E-state index in [4.69, 9.17) is 5.73 Å². The highest BCUT2D eigenvalue weighted by molar-refractivity contribution is 4.93. The first-order valence-electron chi connectivity index (χ1n) is 4.60. The Morgan fingerprint density at radius 1 is 1.43 bits per heavy atom. The van der Waals surface area contributed by atoms with Crippen LogP contribution in [0.15, 0.2) is 0 Å². The lowest BCUT2D eigenvalue weighted by Gasteiger charge is -2.39. The standard InChI is InChI=1S/C8H15F3N2O/c9-8(10,11)7(14)2-1-4-13(6-7)5-3-12/h14H,1-6,12H2. The lowest BCUT2D eigenvalue weighted by atomic mass is 9.92. The van der Waals surface area contributed by atoms with Crippen LogP contribution in [-0.4, -0.2) is 48.0 Å². The van der Waals surface area contributed by atoms with Gasteiger partial charge in [0.2, 0.25) is 0 Å². The van der Waals surface area contributed by atoms with Crippen molar-refractivity contribution in [3.05, 3.63) is 0 Å². The monoisotopic (exact) mass is 212 g/mol. The largest absolute Gasteiger partial charge is 0.418 e. The molecule has 3 N–H and O–H groups in total. The molecule has 14 heavy (non-hydrogen) atoms. The number of piperidine rings is 1. The van der Waals surface area contributed by atoms with Crippen LogP contribution in [-0.2, 0) is 0 Å². The van der Waals surface area contributed by atoms with Gasteiger partial charge < -0.3 is 10.8 Å². The maximum Gasteiger partial charge on any atom is 0.418 e. The summed E-state index contributed by atoms with van der Waals surface area (Å²) >= 11 is 0. The zero-order chi connectivity index (χ0) is 10.8. The molecule has 0 bridgehead atoms. The van der Waals surface area contributed by atoms with Gasteiger partial charge in [0.15, 0.2) is 5.60 Å². The third-order valence-electron chi connectivity index (χ3n) is 2.52. The van der Waals surface area contributed by atoms with Crippen molar-refractivity contribution < 1.29 is 18.3 Å². The number of aliphatic hydroxyl groups is 1. The van der Waals surface area contributed by atoms with Crippen LogP contribution in [0.4, 0.5) is 13.2 Å². The average molecular weight is 212 g/mol. The number of hydrogen-bond acceptors (Lipinski definition) is 3. The van der Waals surface area contributed by atoms with E-state index in [0.29, 0.717) is 26.1 Å². The van der Waals surface area contributed by atoms with Gasteiger partial charge in [-0.25, -0.2) is 0 Å². The fourth-order valence-corrected chi connectivity index (χ4v) is 1.73. The molecule has 0 amide bonds. The van der Waals surface area contributed by atoms with E-state index in [1.165, 1.54) is 0 Å². The Kier molecular flexibility index (Phi) is 3.39. The fourth-order valence-electron chi connectivity index (χ4n) is 1.73. The molecule has 1 rings (SSSR count). The van der Waals surface area contributed by atoms with Crippen LogP contribution in [0.5, 0.6) is 0 Å². The third-order valence-corrected chi connectivity index (χ3v) is 2.52. The van der Waals surface area contributed by atoms with E-state index in [1.807, 2.05) is 0 Å². The number of alkyl halides is 3. The molecule has 0 aliphatic carbocycles. The molecule has 1 aliphatic rings. The summed E-state index contributed by atoms with van der Waals surface area (Å²) in [5.41, 5.74) is 2.71. The van der Waals surface area contributed by atoms with Gasteiger partial charge in [-0.1, -0.05) is 0 Å². The molecule has 84 valence electrons. The second-order valence-corrected chi connectivity index (χ2v) is 3.70. The summed E-state index contributed by atoms with van der Waals surface area (Å²) in [4.78, 5) is 1.55. The number of rotatable bonds is 2. The summed E-state index contributed by atoms with van der Waals surface area (Å²) < 4.78 is 37.3. The van der Waals surface area contributed by atoms with Crippen molar-refractivity contribution in [1.82, 2.24) is 4.90 Å². The highest BCUT2D eigenvalue weighted by Crippen LogP contribution is 2.36. The van der Waals surface area contributed by atoms with E-state index in [-0.39, 0.29) is 13.0 Å². The first-order valence-corrected chi connectivity index (χ1v) is 4.60. The average Bonchev–Trinajstić information content (AvgIpc) is 2.03. The topological polar surface area (TPSA) is 49.5 Å². The zero-order valence-corrected chi connectivity index (χ0v) is 7.85. The minimum atomic E-state index is -4.54. The van der Waals surface area contributed by atoms with E-state index < -0.39 is 11.8 Å². The van der Waals surface area contributed by atoms with Crippen LogP contribution < -0.4 is 5.73 Å². The molecule has 0 radical (unpaired) electrons. The number of halogens is 3. The Labute approximate surface area is 80.7 Å². The van der Waals surface area contributed by atoms with Crippen LogP contribution in [0.2, 0.25) is 0 Å².